The zero-order valence-electron chi connectivity index (χ0n) is 8.62. The number of nitrogens with one attached hydrogen (secondary N) is 2. The molecule has 15 heavy (non-hydrogen) atoms. The monoisotopic (exact) mass is 225 g/mol. The summed E-state index contributed by atoms with van der Waals surface area (Å²) in [4.78, 5) is 12.4. The Morgan fingerprint density at radius 3 is 3.33 bits per heavy atom. The molecule has 0 aromatic heterocycles. The second kappa shape index (κ2) is 4.38. The fraction of sp³-hybridized carbons (Fsp3) is 0.500. The minimum absolute atomic E-state index is 0.0177. The quantitative estimate of drug-likeness (QED) is 0.645. The van der Waals surface area contributed by atoms with E-state index in [4.69, 9.17) is 5.73 Å². The molecule has 5 heteroatoms. The normalized spacial score (nSPS) is 29.2. The van der Waals surface area contributed by atoms with E-state index in [1.807, 2.05) is 19.1 Å². The van der Waals surface area contributed by atoms with Crippen molar-refractivity contribution in [1.29, 1.82) is 0 Å². The molecule has 1 aliphatic carbocycles. The molecule has 2 unspecified atom stereocenters. The summed E-state index contributed by atoms with van der Waals surface area (Å²) >= 11 is 1.62. The van der Waals surface area contributed by atoms with Gasteiger partial charge in [0.05, 0.1) is 0 Å². The van der Waals surface area contributed by atoms with Crippen molar-refractivity contribution in [2.75, 3.05) is 0 Å². The van der Waals surface area contributed by atoms with E-state index in [0.717, 1.165) is 12.1 Å². The van der Waals surface area contributed by atoms with Gasteiger partial charge in [-0.3, -0.25) is 10.1 Å². The van der Waals surface area contributed by atoms with Crippen LogP contribution in [0, 0.1) is 0 Å². The van der Waals surface area contributed by atoms with E-state index in [1.165, 1.54) is 4.91 Å². The van der Waals surface area contributed by atoms with Crippen LogP contribution in [-0.2, 0) is 4.79 Å². The van der Waals surface area contributed by atoms with Crippen molar-refractivity contribution in [3.8, 4) is 0 Å². The Bertz CT molecular complexity index is 338. The lowest BCUT2D eigenvalue weighted by atomic mass is 10.1. The average molecular weight is 225 g/mol. The topological polar surface area (TPSA) is 67.2 Å². The minimum Gasteiger partial charge on any atom is -0.326 e. The Kier molecular flexibility index (Phi) is 3.14. The second-order valence-electron chi connectivity index (χ2n) is 3.60. The molecule has 1 amide bonds. The molecule has 0 aromatic rings. The molecule has 0 spiro atoms. The van der Waals surface area contributed by atoms with Crippen LogP contribution in [0.2, 0.25) is 0 Å². The van der Waals surface area contributed by atoms with Gasteiger partial charge in [-0.25, -0.2) is 0 Å². The predicted octanol–water partition coefficient (Wildman–Crippen LogP) is 0.631. The number of amides is 1. The standard InChI is InChI=1S/C10H15N3OS/c1-2-9(14)12-6-3-4-7-8(5-6)15-10(11)13-7/h3,5,7,10,13H,2,4,11H2,1H3,(H,12,14). The summed E-state index contributed by atoms with van der Waals surface area (Å²) in [5, 5.41) is 6.12. The first kappa shape index (κ1) is 10.7. The largest absolute Gasteiger partial charge is 0.326 e. The Balaban J connectivity index is 2.02. The molecule has 1 heterocycles. The van der Waals surface area contributed by atoms with Gasteiger partial charge in [0, 0.05) is 23.1 Å². The van der Waals surface area contributed by atoms with Gasteiger partial charge in [0.1, 0.15) is 5.50 Å². The maximum atomic E-state index is 11.2. The van der Waals surface area contributed by atoms with E-state index in [-0.39, 0.29) is 11.4 Å². The highest BCUT2D eigenvalue weighted by Crippen LogP contribution is 2.33. The molecule has 0 bridgehead atoms. The second-order valence-corrected chi connectivity index (χ2v) is 4.82. The van der Waals surface area contributed by atoms with Gasteiger partial charge >= 0.3 is 0 Å². The highest BCUT2D eigenvalue weighted by Gasteiger charge is 2.28. The number of carbonyl (C=O) groups is 1. The minimum atomic E-state index is -0.0177. The van der Waals surface area contributed by atoms with Gasteiger partial charge < -0.3 is 11.1 Å². The van der Waals surface area contributed by atoms with E-state index in [9.17, 15) is 4.79 Å². The fourth-order valence-electron chi connectivity index (χ4n) is 1.66. The summed E-state index contributed by atoms with van der Waals surface area (Å²) in [5.41, 5.74) is 6.65. The Morgan fingerprint density at radius 1 is 1.80 bits per heavy atom. The van der Waals surface area contributed by atoms with Crippen molar-refractivity contribution >= 4 is 17.7 Å². The number of fused-ring (bicyclic) bond motifs is 1. The Hall–Kier alpha value is -0.780. The third kappa shape index (κ3) is 2.42. The molecule has 2 rings (SSSR count). The van der Waals surface area contributed by atoms with Crippen LogP contribution in [0.1, 0.15) is 19.8 Å². The maximum absolute atomic E-state index is 11.2. The molecule has 2 atom stereocenters. The summed E-state index contributed by atoms with van der Waals surface area (Å²) in [6.45, 7) is 1.84. The molecule has 4 N–H and O–H groups in total. The molecule has 2 aliphatic rings. The van der Waals surface area contributed by atoms with Crippen molar-refractivity contribution in [3.05, 3.63) is 22.8 Å². The third-order valence-corrected chi connectivity index (χ3v) is 3.51. The lowest BCUT2D eigenvalue weighted by Crippen LogP contribution is -2.35. The highest BCUT2D eigenvalue weighted by molar-refractivity contribution is 8.03. The van der Waals surface area contributed by atoms with Gasteiger partial charge in [0.2, 0.25) is 5.91 Å². The summed E-state index contributed by atoms with van der Waals surface area (Å²) in [7, 11) is 0. The van der Waals surface area contributed by atoms with Crippen LogP contribution in [0.4, 0.5) is 0 Å². The molecular weight excluding hydrogens is 210 g/mol. The van der Waals surface area contributed by atoms with Gasteiger partial charge in [0.15, 0.2) is 0 Å². The summed E-state index contributed by atoms with van der Waals surface area (Å²) in [6, 6.07) is 0.340. The number of thioether (sulfide) groups is 1. The number of carbonyl (C=O) groups excluding carboxylic acids is 1. The third-order valence-electron chi connectivity index (χ3n) is 2.45. The van der Waals surface area contributed by atoms with E-state index in [2.05, 4.69) is 10.6 Å². The van der Waals surface area contributed by atoms with Crippen molar-refractivity contribution in [3.63, 3.8) is 0 Å². The molecular formula is C10H15N3OS. The van der Waals surface area contributed by atoms with Gasteiger partial charge in [-0.2, -0.15) is 0 Å². The first-order chi connectivity index (χ1) is 7.19. The van der Waals surface area contributed by atoms with E-state index in [1.54, 1.807) is 11.8 Å². The molecule has 4 nitrogen and oxygen atoms in total. The van der Waals surface area contributed by atoms with E-state index < -0.39 is 0 Å². The molecule has 1 saturated heterocycles. The van der Waals surface area contributed by atoms with Crippen molar-refractivity contribution in [2.45, 2.75) is 31.3 Å². The molecule has 0 radical (unpaired) electrons. The molecule has 0 saturated carbocycles. The van der Waals surface area contributed by atoms with Crippen LogP contribution in [0.5, 0.6) is 0 Å². The molecule has 0 aromatic carbocycles. The first-order valence-electron chi connectivity index (χ1n) is 5.09. The lowest BCUT2D eigenvalue weighted by Gasteiger charge is -2.16. The van der Waals surface area contributed by atoms with Crippen LogP contribution >= 0.6 is 11.8 Å². The van der Waals surface area contributed by atoms with Gasteiger partial charge in [0.25, 0.3) is 0 Å². The molecule has 1 fully saturated rings. The van der Waals surface area contributed by atoms with Crippen LogP contribution in [0.3, 0.4) is 0 Å². The van der Waals surface area contributed by atoms with Gasteiger partial charge in [-0.05, 0) is 12.5 Å². The maximum Gasteiger partial charge on any atom is 0.224 e. The number of allylic oxidation sites excluding steroid dienone is 1. The number of nitrogens with two attached hydrogens (primary N) is 1. The molecule has 1 aliphatic heterocycles. The van der Waals surface area contributed by atoms with E-state index in [0.29, 0.717) is 12.5 Å². The van der Waals surface area contributed by atoms with Crippen molar-refractivity contribution in [1.82, 2.24) is 10.6 Å². The van der Waals surface area contributed by atoms with Crippen LogP contribution in [0.15, 0.2) is 22.8 Å². The zero-order valence-corrected chi connectivity index (χ0v) is 9.43. The van der Waals surface area contributed by atoms with Crippen LogP contribution in [-0.4, -0.2) is 17.4 Å². The smallest absolute Gasteiger partial charge is 0.224 e. The van der Waals surface area contributed by atoms with E-state index >= 15 is 0 Å². The van der Waals surface area contributed by atoms with Gasteiger partial charge in [-0.15, -0.1) is 0 Å². The average Bonchev–Trinajstić information content (AvgIpc) is 2.57. The van der Waals surface area contributed by atoms with Crippen LogP contribution < -0.4 is 16.4 Å². The first-order valence-corrected chi connectivity index (χ1v) is 5.97. The SMILES string of the molecule is CCC(=O)NC1=CCC2NC(N)SC2=C1. The highest BCUT2D eigenvalue weighted by atomic mass is 32.2. The lowest BCUT2D eigenvalue weighted by molar-refractivity contribution is -0.120. The zero-order chi connectivity index (χ0) is 10.8. The fourth-order valence-corrected chi connectivity index (χ4v) is 2.70. The summed E-state index contributed by atoms with van der Waals surface area (Å²) in [6.07, 6.45) is 5.44. The van der Waals surface area contributed by atoms with Crippen LogP contribution in [0.25, 0.3) is 0 Å². The summed E-state index contributed by atoms with van der Waals surface area (Å²) in [5.74, 6) is 0.0526. The Labute approximate surface area is 93.4 Å². The van der Waals surface area contributed by atoms with Crippen molar-refractivity contribution in [2.24, 2.45) is 5.73 Å². The predicted molar refractivity (Wildman–Crippen MR) is 61.7 cm³/mol. The Morgan fingerprint density at radius 2 is 2.60 bits per heavy atom. The van der Waals surface area contributed by atoms with Crippen molar-refractivity contribution < 1.29 is 4.79 Å². The number of hydrogen-bond acceptors (Lipinski definition) is 4. The molecule has 82 valence electrons. The van der Waals surface area contributed by atoms with Gasteiger partial charge in [-0.1, -0.05) is 24.8 Å². The number of rotatable bonds is 2. The number of hydrogen-bond donors (Lipinski definition) is 3. The summed E-state index contributed by atoms with van der Waals surface area (Å²) < 4.78 is 0.